The highest BCUT2D eigenvalue weighted by Gasteiger charge is 2.36. The fourth-order valence-electron chi connectivity index (χ4n) is 6.45. The number of unbranched alkanes of at least 4 members (excludes halogenated alkanes) is 1. The second-order valence-corrected chi connectivity index (χ2v) is 12.1. The first-order valence-electron chi connectivity index (χ1n) is 16.1. The van der Waals surface area contributed by atoms with Crippen LogP contribution in [-0.2, 0) is 33.6 Å². The van der Waals surface area contributed by atoms with Crippen LogP contribution in [0.25, 0.3) is 0 Å². The van der Waals surface area contributed by atoms with E-state index in [4.69, 9.17) is 4.74 Å². The molecule has 6 nitrogen and oxygen atoms in total. The average Bonchev–Trinajstić information content (AvgIpc) is 3.40. The molecule has 2 aromatic rings. The Hall–Kier alpha value is -3.15. The first-order valence-corrected chi connectivity index (χ1v) is 16.1. The molecule has 1 aliphatic heterocycles. The molecule has 0 radical (unpaired) electrons. The molecule has 0 saturated carbocycles. The lowest BCUT2D eigenvalue weighted by atomic mass is 9.91. The van der Waals surface area contributed by atoms with Gasteiger partial charge in [0.25, 0.3) is 5.91 Å². The number of esters is 1. The Balaban J connectivity index is 1.71. The number of benzene rings is 2. The van der Waals surface area contributed by atoms with Gasteiger partial charge in [-0.05, 0) is 92.2 Å². The minimum atomic E-state index is -0.409. The van der Waals surface area contributed by atoms with Gasteiger partial charge in [0.1, 0.15) is 6.10 Å². The molecule has 230 valence electrons. The van der Waals surface area contributed by atoms with Gasteiger partial charge in [-0.2, -0.15) is 0 Å². The molecule has 0 aromatic heterocycles. The fraction of sp³-hybridized carbons (Fsp3) is 0.583. The molecule has 42 heavy (non-hydrogen) atoms. The van der Waals surface area contributed by atoms with Crippen molar-refractivity contribution >= 4 is 18.3 Å². The molecule has 0 spiro atoms. The molecule has 2 aromatic carbocycles. The van der Waals surface area contributed by atoms with Crippen LogP contribution in [0.2, 0.25) is 0 Å². The summed E-state index contributed by atoms with van der Waals surface area (Å²) in [6.07, 6.45) is 9.27. The largest absolute Gasteiger partial charge is 0.460 e. The first-order chi connectivity index (χ1) is 20.2. The van der Waals surface area contributed by atoms with Crippen LogP contribution in [0.1, 0.15) is 106 Å². The molecule has 6 heteroatoms. The predicted molar refractivity (Wildman–Crippen MR) is 170 cm³/mol. The van der Waals surface area contributed by atoms with Gasteiger partial charge < -0.3 is 14.5 Å². The van der Waals surface area contributed by atoms with Crippen LogP contribution in [-0.4, -0.2) is 59.4 Å². The number of carbonyl (C=O) groups is 3. The normalized spacial score (nSPS) is 18.0. The molecule has 0 N–H and O–H groups in total. The Kier molecular flexibility index (Phi) is 13.1. The van der Waals surface area contributed by atoms with Crippen molar-refractivity contribution in [2.24, 2.45) is 5.92 Å². The van der Waals surface area contributed by atoms with Gasteiger partial charge in [0.05, 0.1) is 6.54 Å². The summed E-state index contributed by atoms with van der Waals surface area (Å²) in [5.74, 6) is -0.169. The van der Waals surface area contributed by atoms with Crippen LogP contribution in [0, 0.1) is 12.8 Å². The predicted octanol–water partition coefficient (Wildman–Crippen LogP) is 6.94. The van der Waals surface area contributed by atoms with Gasteiger partial charge in [-0.25, -0.2) is 0 Å². The van der Waals surface area contributed by atoms with Gasteiger partial charge in [-0.3, -0.25) is 14.4 Å². The summed E-state index contributed by atoms with van der Waals surface area (Å²) in [6, 6.07) is 15.0. The number of nitrogens with zero attached hydrogens (tertiary/aromatic N) is 2. The van der Waals surface area contributed by atoms with E-state index in [9.17, 15) is 14.4 Å². The van der Waals surface area contributed by atoms with E-state index >= 15 is 0 Å². The lowest BCUT2D eigenvalue weighted by Crippen LogP contribution is -2.41. The summed E-state index contributed by atoms with van der Waals surface area (Å²) in [7, 11) is 0. The van der Waals surface area contributed by atoms with E-state index in [2.05, 4.69) is 51.7 Å². The monoisotopic (exact) mass is 576 g/mol. The van der Waals surface area contributed by atoms with Crippen LogP contribution >= 0.6 is 0 Å². The van der Waals surface area contributed by atoms with Gasteiger partial charge in [0, 0.05) is 31.1 Å². The third kappa shape index (κ3) is 8.92. The lowest BCUT2D eigenvalue weighted by molar-refractivity contribution is -0.151. The molecule has 3 rings (SSSR count). The maximum atomic E-state index is 13.8. The molecule has 1 saturated heterocycles. The van der Waals surface area contributed by atoms with E-state index in [0.29, 0.717) is 31.6 Å². The van der Waals surface area contributed by atoms with Crippen molar-refractivity contribution in [1.29, 1.82) is 0 Å². The van der Waals surface area contributed by atoms with Gasteiger partial charge in [-0.15, -0.1) is 0 Å². The third-order valence-corrected chi connectivity index (χ3v) is 9.04. The summed E-state index contributed by atoms with van der Waals surface area (Å²) in [4.78, 5) is 41.8. The highest BCUT2D eigenvalue weighted by molar-refractivity contribution is 5.95. The van der Waals surface area contributed by atoms with E-state index in [1.165, 1.54) is 18.1 Å². The number of aryl methyl sites for hydroxylation is 2. The third-order valence-electron chi connectivity index (χ3n) is 9.04. The van der Waals surface area contributed by atoms with Gasteiger partial charge >= 0.3 is 5.97 Å². The van der Waals surface area contributed by atoms with Gasteiger partial charge in [-0.1, -0.05) is 70.9 Å². The molecule has 0 bridgehead atoms. The van der Waals surface area contributed by atoms with Crippen molar-refractivity contribution in [2.75, 3.05) is 13.1 Å². The second-order valence-electron chi connectivity index (χ2n) is 12.1. The van der Waals surface area contributed by atoms with Gasteiger partial charge in [0.2, 0.25) is 6.41 Å². The van der Waals surface area contributed by atoms with E-state index in [-0.39, 0.29) is 17.8 Å². The summed E-state index contributed by atoms with van der Waals surface area (Å²) < 4.78 is 5.74. The Labute approximate surface area is 253 Å². The van der Waals surface area contributed by atoms with Gasteiger partial charge in [0.15, 0.2) is 0 Å². The summed E-state index contributed by atoms with van der Waals surface area (Å²) in [5.41, 5.74) is 5.45. The Morgan fingerprint density at radius 3 is 2.40 bits per heavy atom. The summed E-state index contributed by atoms with van der Waals surface area (Å²) in [5, 5.41) is 0. The number of rotatable bonds is 16. The zero-order valence-corrected chi connectivity index (χ0v) is 26.7. The van der Waals surface area contributed by atoms with Crippen molar-refractivity contribution in [2.45, 2.75) is 118 Å². The van der Waals surface area contributed by atoms with Crippen LogP contribution < -0.4 is 0 Å². The van der Waals surface area contributed by atoms with Crippen LogP contribution in [0.4, 0.5) is 0 Å². The number of hydrogen-bond acceptors (Lipinski definition) is 4. The van der Waals surface area contributed by atoms with Crippen molar-refractivity contribution in [3.8, 4) is 0 Å². The molecule has 1 aliphatic rings. The number of likely N-dealkylation sites (tertiary alicyclic amines) is 1. The molecule has 1 heterocycles. The van der Waals surface area contributed by atoms with Crippen LogP contribution in [0.3, 0.4) is 0 Å². The van der Waals surface area contributed by atoms with Crippen molar-refractivity contribution in [1.82, 2.24) is 9.80 Å². The topological polar surface area (TPSA) is 66.9 Å². The average molecular weight is 577 g/mol. The van der Waals surface area contributed by atoms with E-state index in [0.717, 1.165) is 74.5 Å². The molecular weight excluding hydrogens is 524 g/mol. The number of hydrogen-bond donors (Lipinski definition) is 0. The molecule has 1 fully saturated rings. The summed E-state index contributed by atoms with van der Waals surface area (Å²) >= 11 is 0. The maximum absolute atomic E-state index is 13.8. The highest BCUT2D eigenvalue weighted by atomic mass is 16.5. The highest BCUT2D eigenvalue weighted by Crippen LogP contribution is 2.31. The second kappa shape index (κ2) is 16.5. The maximum Gasteiger partial charge on any atom is 0.302 e. The molecule has 0 aliphatic carbocycles. The Bertz CT molecular complexity index is 1180. The quantitative estimate of drug-likeness (QED) is 0.160. The van der Waals surface area contributed by atoms with E-state index in [1.54, 1.807) is 4.90 Å². The number of carbonyl (C=O) groups excluding carboxylic acids is 3. The van der Waals surface area contributed by atoms with Crippen LogP contribution in [0.15, 0.2) is 42.5 Å². The van der Waals surface area contributed by atoms with Crippen molar-refractivity contribution in [3.63, 3.8) is 0 Å². The minimum Gasteiger partial charge on any atom is -0.460 e. The molecule has 4 unspecified atom stereocenters. The lowest BCUT2D eigenvalue weighted by Gasteiger charge is -2.31. The fourth-order valence-corrected chi connectivity index (χ4v) is 6.45. The number of ether oxygens (including phenoxy) is 1. The smallest absolute Gasteiger partial charge is 0.302 e. The minimum absolute atomic E-state index is 0.0411. The van der Waals surface area contributed by atoms with E-state index < -0.39 is 6.10 Å². The van der Waals surface area contributed by atoms with Crippen LogP contribution in [0.5, 0.6) is 0 Å². The molecule has 4 atom stereocenters. The molecule has 2 amide bonds. The SMILES string of the molecule is CCCCC1CCC(CC)N1C(=O)c1ccc(C)c(CCN(C=O)CC(OC(C)=O)C(C)Cc2ccccc2CC)c1. The standard InChI is InChI=1S/C36H52N2O4/c1-7-10-15-34-19-18-33(9-3)38(34)36(41)32-17-16-26(4)30(23-32)20-21-37(25-39)24-35(42-28(6)40)27(5)22-31-14-12-11-13-29(31)8-2/h11-14,16-17,23,25,27,33-35H,7-10,15,18-22,24H2,1-6H3. The van der Waals surface area contributed by atoms with Crippen molar-refractivity contribution in [3.05, 3.63) is 70.3 Å². The van der Waals surface area contributed by atoms with Crippen molar-refractivity contribution < 1.29 is 19.1 Å². The molecular formula is C36H52N2O4. The zero-order chi connectivity index (χ0) is 30.6. The van der Waals surface area contributed by atoms with E-state index in [1.807, 2.05) is 30.3 Å². The number of amides is 2. The zero-order valence-electron chi connectivity index (χ0n) is 26.7. The Morgan fingerprint density at radius 1 is 1.05 bits per heavy atom. The first kappa shape index (κ1) is 33.4. The Morgan fingerprint density at radius 2 is 1.76 bits per heavy atom. The summed E-state index contributed by atoms with van der Waals surface area (Å²) in [6.45, 7) is 12.9.